The first-order valence-corrected chi connectivity index (χ1v) is 9.35. The first-order chi connectivity index (χ1) is 12.6. The van der Waals surface area contributed by atoms with Crippen LogP contribution in [0.25, 0.3) is 0 Å². The number of hydrogen-bond acceptors (Lipinski definition) is 3. The van der Waals surface area contributed by atoms with Gasteiger partial charge in [-0.3, -0.25) is 4.79 Å². The lowest BCUT2D eigenvalue weighted by atomic mass is 10.0. The molecule has 3 amide bonds. The highest BCUT2D eigenvalue weighted by Crippen LogP contribution is 2.27. The molecule has 3 N–H and O–H groups in total. The average molecular weight is 399 g/mol. The van der Waals surface area contributed by atoms with Crippen molar-refractivity contribution in [1.82, 2.24) is 20.9 Å². The van der Waals surface area contributed by atoms with E-state index in [1.165, 1.54) is 12.1 Å². The second-order valence-electron chi connectivity index (χ2n) is 7.22. The molecule has 2 aliphatic heterocycles. The smallest absolute Gasteiger partial charge is 0.315 e. The number of rotatable bonds is 6. The molecular formula is C19H28ClFN4O2. The van der Waals surface area contributed by atoms with Crippen LogP contribution in [0.1, 0.15) is 25.3 Å². The van der Waals surface area contributed by atoms with Gasteiger partial charge in [-0.1, -0.05) is 25.5 Å². The molecular weight excluding hydrogens is 371 g/mol. The van der Waals surface area contributed by atoms with E-state index in [1.54, 1.807) is 12.1 Å². The summed E-state index contributed by atoms with van der Waals surface area (Å²) in [6.45, 7) is 5.78. The highest BCUT2D eigenvalue weighted by atomic mass is 35.5. The van der Waals surface area contributed by atoms with Crippen LogP contribution in [-0.2, 0) is 11.3 Å². The normalized spacial score (nSPS) is 21.9. The van der Waals surface area contributed by atoms with Gasteiger partial charge in [0, 0.05) is 32.7 Å². The summed E-state index contributed by atoms with van der Waals surface area (Å²) in [5.41, 5.74) is 0.805. The molecule has 1 aromatic rings. The van der Waals surface area contributed by atoms with Gasteiger partial charge in [0.1, 0.15) is 11.9 Å². The third kappa shape index (κ3) is 5.56. The zero-order valence-electron chi connectivity index (χ0n) is 15.5. The van der Waals surface area contributed by atoms with Crippen molar-refractivity contribution >= 4 is 24.3 Å². The average Bonchev–Trinajstić information content (AvgIpc) is 3.22. The third-order valence-electron chi connectivity index (χ3n) is 5.25. The van der Waals surface area contributed by atoms with E-state index in [0.717, 1.165) is 38.2 Å². The number of nitrogens with zero attached hydrogens (tertiary/aromatic N) is 1. The number of urea groups is 1. The van der Waals surface area contributed by atoms with E-state index >= 15 is 0 Å². The van der Waals surface area contributed by atoms with Gasteiger partial charge in [-0.25, -0.2) is 9.18 Å². The van der Waals surface area contributed by atoms with Gasteiger partial charge in [0.15, 0.2) is 0 Å². The molecule has 2 fully saturated rings. The fraction of sp³-hybridized carbons (Fsp3) is 0.579. The van der Waals surface area contributed by atoms with Crippen molar-refractivity contribution in [3.05, 3.63) is 35.6 Å². The summed E-state index contributed by atoms with van der Waals surface area (Å²) in [5.74, 6) is 0.776. The van der Waals surface area contributed by atoms with E-state index in [-0.39, 0.29) is 30.2 Å². The molecule has 3 atom stereocenters. The summed E-state index contributed by atoms with van der Waals surface area (Å²) in [6, 6.07) is 5.10. The van der Waals surface area contributed by atoms with Gasteiger partial charge < -0.3 is 20.9 Å². The molecule has 2 aliphatic rings. The molecule has 0 radical (unpaired) electrons. The molecule has 0 aromatic heterocycles. The van der Waals surface area contributed by atoms with Crippen LogP contribution in [0.15, 0.2) is 24.3 Å². The van der Waals surface area contributed by atoms with E-state index in [4.69, 9.17) is 0 Å². The number of hydrogen-bond donors (Lipinski definition) is 3. The summed E-state index contributed by atoms with van der Waals surface area (Å²) < 4.78 is 12.9. The number of carbonyl (C=O) groups is 2. The Morgan fingerprint density at radius 3 is 2.44 bits per heavy atom. The van der Waals surface area contributed by atoms with Crippen LogP contribution in [0, 0.1) is 17.7 Å². The van der Waals surface area contributed by atoms with E-state index in [9.17, 15) is 14.0 Å². The number of likely N-dealkylation sites (tertiary alicyclic amines) is 1. The Kier molecular flexibility index (Phi) is 7.86. The zero-order valence-corrected chi connectivity index (χ0v) is 16.4. The van der Waals surface area contributed by atoms with E-state index in [1.807, 2.05) is 11.8 Å². The topological polar surface area (TPSA) is 73.5 Å². The minimum atomic E-state index is -0.500. The van der Waals surface area contributed by atoms with Gasteiger partial charge in [0.25, 0.3) is 0 Å². The molecule has 0 spiro atoms. The van der Waals surface area contributed by atoms with Crippen molar-refractivity contribution in [2.45, 2.75) is 32.4 Å². The molecule has 1 unspecified atom stereocenters. The summed E-state index contributed by atoms with van der Waals surface area (Å²) >= 11 is 0. The number of fused-ring (bicyclic) bond motifs is 1. The van der Waals surface area contributed by atoms with Gasteiger partial charge >= 0.3 is 6.03 Å². The van der Waals surface area contributed by atoms with Crippen LogP contribution < -0.4 is 16.0 Å². The molecule has 0 saturated carbocycles. The van der Waals surface area contributed by atoms with Crippen LogP contribution in [-0.4, -0.2) is 49.1 Å². The fourth-order valence-corrected chi connectivity index (χ4v) is 3.80. The Morgan fingerprint density at radius 2 is 1.85 bits per heavy atom. The first-order valence-electron chi connectivity index (χ1n) is 9.35. The van der Waals surface area contributed by atoms with Crippen molar-refractivity contribution < 1.29 is 14.0 Å². The quantitative estimate of drug-likeness (QED) is 0.685. The molecule has 8 heteroatoms. The summed E-state index contributed by atoms with van der Waals surface area (Å²) in [6.07, 6.45) is 1.43. The van der Waals surface area contributed by atoms with Crippen LogP contribution in [0.3, 0.4) is 0 Å². The second-order valence-corrected chi connectivity index (χ2v) is 7.22. The van der Waals surface area contributed by atoms with E-state index in [0.29, 0.717) is 24.8 Å². The van der Waals surface area contributed by atoms with Gasteiger partial charge in [0.2, 0.25) is 5.91 Å². The van der Waals surface area contributed by atoms with Crippen LogP contribution in [0.4, 0.5) is 9.18 Å². The monoisotopic (exact) mass is 398 g/mol. The number of benzene rings is 1. The number of nitrogens with one attached hydrogen (secondary N) is 3. The minimum absolute atomic E-state index is 0. The highest BCUT2D eigenvalue weighted by molar-refractivity contribution is 5.87. The van der Waals surface area contributed by atoms with Crippen molar-refractivity contribution in [3.63, 3.8) is 0 Å². The maximum Gasteiger partial charge on any atom is 0.315 e. The van der Waals surface area contributed by atoms with Crippen LogP contribution >= 0.6 is 12.4 Å². The lowest BCUT2D eigenvalue weighted by Crippen LogP contribution is -2.51. The van der Waals surface area contributed by atoms with Gasteiger partial charge in [-0.05, 0) is 36.0 Å². The predicted molar refractivity (Wildman–Crippen MR) is 104 cm³/mol. The van der Waals surface area contributed by atoms with E-state index < -0.39 is 6.04 Å². The maximum atomic E-state index is 12.9. The number of amides is 3. The summed E-state index contributed by atoms with van der Waals surface area (Å²) in [7, 11) is 0. The summed E-state index contributed by atoms with van der Waals surface area (Å²) in [5, 5.41) is 8.92. The molecule has 27 heavy (non-hydrogen) atoms. The first kappa shape index (κ1) is 21.4. The highest BCUT2D eigenvalue weighted by Gasteiger charge is 2.39. The molecule has 3 rings (SSSR count). The molecule has 2 saturated heterocycles. The van der Waals surface area contributed by atoms with E-state index in [2.05, 4.69) is 16.0 Å². The second kappa shape index (κ2) is 9.90. The fourth-order valence-electron chi connectivity index (χ4n) is 3.80. The Morgan fingerprint density at radius 1 is 1.22 bits per heavy atom. The molecule has 6 nitrogen and oxygen atoms in total. The molecule has 1 aromatic carbocycles. The Hall–Kier alpha value is -1.86. The number of carbonyl (C=O) groups excluding carboxylic acids is 2. The lowest BCUT2D eigenvalue weighted by Gasteiger charge is -2.25. The molecule has 150 valence electrons. The predicted octanol–water partition coefficient (Wildman–Crippen LogP) is 1.89. The Balaban J connectivity index is 0.00000261. The maximum absolute atomic E-state index is 12.9. The summed E-state index contributed by atoms with van der Waals surface area (Å²) in [4.78, 5) is 26.9. The van der Waals surface area contributed by atoms with Crippen LogP contribution in [0.5, 0.6) is 0 Å². The standard InChI is InChI=1S/C19H27FN4O2.ClH/c1-2-3-17(18(25)24-11-14-9-21-10-15(14)12-24)23-19(26)22-8-13-4-6-16(20)7-5-13;/h4-7,14-15,17,21H,2-3,8-12H2,1H3,(H2,22,23,26);1H/t14-,15+,17?;. The van der Waals surface area contributed by atoms with Crippen molar-refractivity contribution in [2.75, 3.05) is 26.2 Å². The molecule has 0 bridgehead atoms. The van der Waals surface area contributed by atoms with Crippen molar-refractivity contribution in [3.8, 4) is 0 Å². The van der Waals surface area contributed by atoms with Gasteiger partial charge in [-0.15, -0.1) is 12.4 Å². The zero-order chi connectivity index (χ0) is 18.5. The van der Waals surface area contributed by atoms with Crippen molar-refractivity contribution in [2.24, 2.45) is 11.8 Å². The molecule has 2 heterocycles. The third-order valence-corrected chi connectivity index (χ3v) is 5.25. The minimum Gasteiger partial charge on any atom is -0.340 e. The largest absolute Gasteiger partial charge is 0.340 e. The molecule has 0 aliphatic carbocycles. The van der Waals surface area contributed by atoms with Gasteiger partial charge in [0.05, 0.1) is 0 Å². The SMILES string of the molecule is CCCC(NC(=O)NCc1ccc(F)cc1)C(=O)N1C[C@H]2CNC[C@H]2C1.Cl. The van der Waals surface area contributed by atoms with Crippen LogP contribution in [0.2, 0.25) is 0 Å². The van der Waals surface area contributed by atoms with Crippen molar-refractivity contribution in [1.29, 1.82) is 0 Å². The lowest BCUT2D eigenvalue weighted by molar-refractivity contribution is -0.132. The Labute approximate surface area is 165 Å². The Bertz CT molecular complexity index is 631. The van der Waals surface area contributed by atoms with Gasteiger partial charge in [-0.2, -0.15) is 0 Å². The number of halogens is 2.